The number of likely N-dealkylation sites (tertiary alicyclic amines) is 2. The SMILES string of the molecule is C=CC12CCN(C(=O)C34CC(C(=O)N5CC6C(C)C67C5=CC(=O)c5[nH]cc(C)c57)(C3)C4)C1=CC(=O)c1[nH]cc(C)c12. The molecule has 4 heterocycles. The molecule has 4 saturated carbocycles. The van der Waals surface area contributed by atoms with E-state index in [-0.39, 0.29) is 28.8 Å². The second-order valence-corrected chi connectivity index (χ2v) is 13.9. The van der Waals surface area contributed by atoms with Crippen LogP contribution in [0.4, 0.5) is 0 Å². The van der Waals surface area contributed by atoms with Crippen molar-refractivity contribution in [3.05, 3.63) is 82.2 Å². The average Bonchev–Trinajstić information content (AvgIpc) is 3.44. The van der Waals surface area contributed by atoms with Crippen LogP contribution in [0.25, 0.3) is 0 Å². The Balaban J connectivity index is 0.981. The first-order valence-electron chi connectivity index (χ1n) is 14.7. The van der Waals surface area contributed by atoms with Gasteiger partial charge >= 0.3 is 0 Å². The van der Waals surface area contributed by atoms with E-state index in [1.165, 1.54) is 0 Å². The van der Waals surface area contributed by atoms with Gasteiger partial charge in [-0.15, -0.1) is 6.58 Å². The Kier molecular flexibility index (Phi) is 3.91. The number of aromatic amines is 2. The fraction of sp³-hybridized carbons (Fsp3) is 0.455. The van der Waals surface area contributed by atoms with Gasteiger partial charge in [0.1, 0.15) is 0 Å². The van der Waals surface area contributed by atoms with Crippen molar-refractivity contribution in [2.45, 2.75) is 57.3 Å². The summed E-state index contributed by atoms with van der Waals surface area (Å²) in [6.07, 6.45) is 11.2. The van der Waals surface area contributed by atoms with Crippen LogP contribution in [0.5, 0.6) is 0 Å². The van der Waals surface area contributed by atoms with Crippen LogP contribution in [0.3, 0.4) is 0 Å². The van der Waals surface area contributed by atoms with Crippen molar-refractivity contribution in [1.82, 2.24) is 19.8 Å². The molecule has 6 aliphatic carbocycles. The monoisotopic (exact) mass is 548 g/mol. The van der Waals surface area contributed by atoms with E-state index in [4.69, 9.17) is 0 Å². The van der Waals surface area contributed by atoms with E-state index >= 15 is 0 Å². The molecule has 0 aromatic carbocycles. The van der Waals surface area contributed by atoms with Crippen molar-refractivity contribution in [3.63, 3.8) is 0 Å². The highest BCUT2D eigenvalue weighted by Crippen LogP contribution is 2.77. The summed E-state index contributed by atoms with van der Waals surface area (Å²) in [5, 5.41) is 0. The number of carbonyl (C=O) groups is 4. The summed E-state index contributed by atoms with van der Waals surface area (Å²) < 4.78 is 0. The first kappa shape index (κ1) is 23.7. The lowest BCUT2D eigenvalue weighted by atomic mass is 9.34. The van der Waals surface area contributed by atoms with Gasteiger partial charge in [0.15, 0.2) is 0 Å². The molecule has 8 nitrogen and oxygen atoms in total. The first-order chi connectivity index (χ1) is 19.5. The lowest BCUT2D eigenvalue weighted by molar-refractivity contribution is -0.219. The smallest absolute Gasteiger partial charge is 0.233 e. The molecule has 8 heteroatoms. The van der Waals surface area contributed by atoms with Crippen LogP contribution < -0.4 is 0 Å². The summed E-state index contributed by atoms with van der Waals surface area (Å²) >= 11 is 0. The third kappa shape index (κ3) is 2.29. The molecule has 0 radical (unpaired) electrons. The van der Waals surface area contributed by atoms with Crippen LogP contribution in [-0.2, 0) is 20.4 Å². The summed E-state index contributed by atoms with van der Waals surface area (Å²) in [6.45, 7) is 11.5. The number of nitrogens with one attached hydrogen (secondary N) is 2. The first-order valence-corrected chi connectivity index (χ1v) is 14.7. The van der Waals surface area contributed by atoms with E-state index in [2.05, 4.69) is 23.5 Å². The molecule has 2 aliphatic heterocycles. The minimum Gasteiger partial charge on any atom is -0.358 e. The van der Waals surface area contributed by atoms with Crippen molar-refractivity contribution >= 4 is 23.4 Å². The number of hydrogen-bond donors (Lipinski definition) is 2. The molecule has 8 aliphatic rings. The highest BCUT2D eigenvalue weighted by molar-refractivity contribution is 6.10. The number of hydrogen-bond acceptors (Lipinski definition) is 4. The second kappa shape index (κ2) is 6.75. The van der Waals surface area contributed by atoms with E-state index in [9.17, 15) is 19.2 Å². The van der Waals surface area contributed by atoms with Gasteiger partial charge in [-0.1, -0.05) is 13.0 Å². The number of amides is 2. The molecule has 208 valence electrons. The second-order valence-electron chi connectivity index (χ2n) is 13.9. The predicted octanol–water partition coefficient (Wildman–Crippen LogP) is 3.99. The fourth-order valence-electron chi connectivity index (χ4n) is 10.3. The third-order valence-electron chi connectivity index (χ3n) is 12.2. The summed E-state index contributed by atoms with van der Waals surface area (Å²) in [5.74, 6) is 0.624. The van der Waals surface area contributed by atoms with Crippen molar-refractivity contribution < 1.29 is 19.2 Å². The molecule has 41 heavy (non-hydrogen) atoms. The molecule has 4 unspecified atom stereocenters. The normalized spacial score (nSPS) is 38.5. The van der Waals surface area contributed by atoms with E-state index in [1.54, 1.807) is 12.2 Å². The highest BCUT2D eigenvalue weighted by atomic mass is 16.2. The van der Waals surface area contributed by atoms with Gasteiger partial charge in [-0.3, -0.25) is 19.2 Å². The molecular formula is C33H32N4O4. The molecular weight excluding hydrogens is 516 g/mol. The number of aryl methyl sites for hydroxylation is 2. The standard InChI is InChI=1S/C33H32N4O4/c1-5-32-6-7-36(22(32)8-20(38)26-24(32)16(2)10-34-26)28(40)30-13-31(14-30,15-30)29(41)37-12-19-18(4)33(19)23(37)9-21(39)27-25(33)17(3)11-35-27/h5,8-11,18-19,34-35H,1,6-7,12-15H2,2-4H3. The molecule has 2 bridgehead atoms. The zero-order chi connectivity index (χ0) is 28.4. The Morgan fingerprint density at radius 3 is 2.10 bits per heavy atom. The maximum absolute atomic E-state index is 14.1. The van der Waals surface area contributed by atoms with Gasteiger partial charge in [0, 0.05) is 54.4 Å². The summed E-state index contributed by atoms with van der Waals surface area (Å²) in [7, 11) is 0. The quantitative estimate of drug-likeness (QED) is 0.566. The van der Waals surface area contributed by atoms with Gasteiger partial charge < -0.3 is 19.8 Å². The molecule has 2 saturated heterocycles. The van der Waals surface area contributed by atoms with Gasteiger partial charge in [0.25, 0.3) is 0 Å². The van der Waals surface area contributed by atoms with Crippen LogP contribution in [0.1, 0.15) is 75.8 Å². The van der Waals surface area contributed by atoms with Crippen LogP contribution in [0.2, 0.25) is 0 Å². The predicted molar refractivity (Wildman–Crippen MR) is 149 cm³/mol. The Morgan fingerprint density at radius 1 is 0.902 bits per heavy atom. The summed E-state index contributed by atoms with van der Waals surface area (Å²) in [6, 6.07) is 0. The zero-order valence-corrected chi connectivity index (χ0v) is 23.5. The Hall–Kier alpha value is -3.94. The lowest BCUT2D eigenvalue weighted by Crippen LogP contribution is -2.72. The number of carbonyl (C=O) groups excluding carboxylic acids is 4. The molecule has 10 rings (SSSR count). The van der Waals surface area contributed by atoms with E-state index in [1.807, 2.05) is 42.1 Å². The average molecular weight is 549 g/mol. The van der Waals surface area contributed by atoms with E-state index in [0.717, 1.165) is 33.6 Å². The van der Waals surface area contributed by atoms with Crippen LogP contribution in [0, 0.1) is 36.5 Å². The van der Waals surface area contributed by atoms with Crippen molar-refractivity contribution in [2.24, 2.45) is 22.7 Å². The highest BCUT2D eigenvalue weighted by Gasteiger charge is 2.79. The van der Waals surface area contributed by atoms with E-state index in [0.29, 0.717) is 62.0 Å². The van der Waals surface area contributed by atoms with Crippen molar-refractivity contribution in [1.29, 1.82) is 0 Å². The minimum absolute atomic E-state index is 0.0283. The summed E-state index contributed by atoms with van der Waals surface area (Å²) in [5.41, 5.74) is 5.03. The molecule has 4 atom stereocenters. The largest absolute Gasteiger partial charge is 0.358 e. The zero-order valence-electron chi connectivity index (χ0n) is 23.5. The minimum atomic E-state index is -0.559. The van der Waals surface area contributed by atoms with Crippen LogP contribution in [-0.4, -0.2) is 56.2 Å². The summed E-state index contributed by atoms with van der Waals surface area (Å²) in [4.78, 5) is 64.3. The fourth-order valence-corrected chi connectivity index (χ4v) is 10.3. The third-order valence-corrected chi connectivity index (χ3v) is 12.2. The molecule has 2 amide bonds. The number of H-pyrrole nitrogens is 2. The maximum atomic E-state index is 14.1. The van der Waals surface area contributed by atoms with Crippen molar-refractivity contribution in [2.75, 3.05) is 13.1 Å². The number of rotatable bonds is 3. The van der Waals surface area contributed by atoms with Crippen LogP contribution >= 0.6 is 0 Å². The Bertz CT molecular complexity index is 1760. The molecule has 2 N–H and O–H groups in total. The van der Waals surface area contributed by atoms with Gasteiger partial charge in [0.2, 0.25) is 23.4 Å². The molecule has 1 spiro atoms. The number of nitrogens with zero attached hydrogens (tertiary/aromatic N) is 2. The number of piperidine rings is 1. The maximum Gasteiger partial charge on any atom is 0.233 e. The number of aromatic nitrogens is 2. The topological polar surface area (TPSA) is 106 Å². The number of allylic oxidation sites excluding steroid dienone is 4. The van der Waals surface area contributed by atoms with Gasteiger partial charge in [0.05, 0.1) is 27.6 Å². The van der Waals surface area contributed by atoms with E-state index < -0.39 is 16.2 Å². The van der Waals surface area contributed by atoms with Crippen molar-refractivity contribution in [3.8, 4) is 0 Å². The molecule has 2 aromatic rings. The number of ketones is 2. The lowest BCUT2D eigenvalue weighted by Gasteiger charge is -2.69. The van der Waals surface area contributed by atoms with Crippen LogP contribution in [0.15, 0.2) is 48.6 Å². The van der Waals surface area contributed by atoms with Gasteiger partial charge in [-0.25, -0.2) is 0 Å². The molecule has 6 fully saturated rings. The van der Waals surface area contributed by atoms with Gasteiger partial charge in [-0.05, 0) is 73.6 Å². The Morgan fingerprint density at radius 2 is 1.46 bits per heavy atom. The number of fused-ring (bicyclic) bond motifs is 4. The molecule has 2 aromatic heterocycles. The van der Waals surface area contributed by atoms with Gasteiger partial charge in [-0.2, -0.15) is 0 Å². The Labute approximate surface area is 237 Å².